The van der Waals surface area contributed by atoms with E-state index in [0.717, 1.165) is 38.3 Å². The van der Waals surface area contributed by atoms with Crippen molar-refractivity contribution in [2.24, 2.45) is 5.92 Å². The second-order valence-electron chi connectivity index (χ2n) is 4.73. The van der Waals surface area contributed by atoms with Gasteiger partial charge in [0.1, 0.15) is 6.10 Å². The van der Waals surface area contributed by atoms with Gasteiger partial charge in [0, 0.05) is 13.2 Å². The van der Waals surface area contributed by atoms with Gasteiger partial charge in [0.05, 0.1) is 0 Å². The van der Waals surface area contributed by atoms with Crippen molar-refractivity contribution in [3.63, 3.8) is 0 Å². The second-order valence-corrected chi connectivity index (χ2v) is 4.73. The highest BCUT2D eigenvalue weighted by Gasteiger charge is 2.23. The molecule has 0 aromatic rings. The molecule has 1 heterocycles. The zero-order valence-electron chi connectivity index (χ0n) is 9.34. The fourth-order valence-corrected chi connectivity index (χ4v) is 2.60. The molecule has 1 atom stereocenters. The Morgan fingerprint density at radius 2 is 2.00 bits per heavy atom. The first-order valence-corrected chi connectivity index (χ1v) is 6.25. The summed E-state index contributed by atoms with van der Waals surface area (Å²) < 4.78 is 5.33. The minimum Gasteiger partial charge on any atom is -0.368 e. The zero-order chi connectivity index (χ0) is 10.5. The van der Waals surface area contributed by atoms with Gasteiger partial charge in [-0.1, -0.05) is 25.7 Å². The van der Waals surface area contributed by atoms with Crippen LogP contribution in [0.2, 0.25) is 0 Å². The van der Waals surface area contributed by atoms with Crippen molar-refractivity contribution in [3.05, 3.63) is 0 Å². The molecule has 1 saturated carbocycles. The molecule has 3 heteroatoms. The quantitative estimate of drug-likeness (QED) is 0.771. The first-order chi connectivity index (χ1) is 7.36. The third kappa shape index (κ3) is 3.20. The number of nitrogens with one attached hydrogen (secondary N) is 1. The molecule has 0 radical (unpaired) electrons. The molecule has 86 valence electrons. The molecule has 1 N–H and O–H groups in total. The van der Waals surface area contributed by atoms with E-state index in [1.165, 1.54) is 25.7 Å². The molecule has 0 bridgehead atoms. The second kappa shape index (κ2) is 5.50. The molecule has 15 heavy (non-hydrogen) atoms. The molecule has 1 amide bonds. The average Bonchev–Trinajstić information content (AvgIpc) is 2.90. The Balaban J connectivity index is 1.58. The number of carbonyl (C=O) groups is 1. The highest BCUT2D eigenvalue weighted by Crippen LogP contribution is 2.26. The third-order valence-electron chi connectivity index (χ3n) is 3.55. The molecular weight excluding hydrogens is 190 g/mol. The maximum atomic E-state index is 11.6. The molecular formula is C12H21NO2. The van der Waals surface area contributed by atoms with Gasteiger partial charge in [0.15, 0.2) is 0 Å². The highest BCUT2D eigenvalue weighted by atomic mass is 16.5. The van der Waals surface area contributed by atoms with Gasteiger partial charge < -0.3 is 10.1 Å². The lowest BCUT2D eigenvalue weighted by Gasteiger charge is -2.12. The maximum absolute atomic E-state index is 11.6. The van der Waals surface area contributed by atoms with Gasteiger partial charge in [-0.3, -0.25) is 4.79 Å². The molecule has 2 aliphatic rings. The predicted molar refractivity (Wildman–Crippen MR) is 58.6 cm³/mol. The standard InChI is InChI=1S/C12H21NO2/c14-12(11-6-3-9-15-11)13-8-7-10-4-1-2-5-10/h10-11H,1-9H2,(H,13,14). The number of amides is 1. The Morgan fingerprint density at radius 3 is 2.67 bits per heavy atom. The minimum atomic E-state index is -0.159. The average molecular weight is 211 g/mol. The topological polar surface area (TPSA) is 38.3 Å². The molecule has 1 unspecified atom stereocenters. The smallest absolute Gasteiger partial charge is 0.249 e. The van der Waals surface area contributed by atoms with E-state index in [9.17, 15) is 4.79 Å². The largest absolute Gasteiger partial charge is 0.368 e. The number of ether oxygens (including phenoxy) is 1. The van der Waals surface area contributed by atoms with Crippen molar-refractivity contribution in [1.82, 2.24) is 5.32 Å². The summed E-state index contributed by atoms with van der Waals surface area (Å²) in [4.78, 5) is 11.6. The number of rotatable bonds is 4. The molecule has 0 aromatic carbocycles. The van der Waals surface area contributed by atoms with Crippen LogP contribution in [-0.2, 0) is 9.53 Å². The summed E-state index contributed by atoms with van der Waals surface area (Å²) in [7, 11) is 0. The molecule has 1 aliphatic carbocycles. The van der Waals surface area contributed by atoms with Crippen molar-refractivity contribution >= 4 is 5.91 Å². The van der Waals surface area contributed by atoms with Crippen molar-refractivity contribution in [3.8, 4) is 0 Å². The Labute approximate surface area is 91.6 Å². The van der Waals surface area contributed by atoms with Gasteiger partial charge >= 0.3 is 0 Å². The van der Waals surface area contributed by atoms with Crippen molar-refractivity contribution < 1.29 is 9.53 Å². The van der Waals surface area contributed by atoms with Crippen molar-refractivity contribution in [1.29, 1.82) is 0 Å². The number of carbonyl (C=O) groups excluding carboxylic acids is 1. The number of hydrogen-bond donors (Lipinski definition) is 1. The third-order valence-corrected chi connectivity index (χ3v) is 3.55. The Morgan fingerprint density at radius 1 is 1.20 bits per heavy atom. The Hall–Kier alpha value is -0.570. The normalized spacial score (nSPS) is 27.1. The van der Waals surface area contributed by atoms with Gasteiger partial charge in [-0.2, -0.15) is 0 Å². The predicted octanol–water partition coefficient (Wildman–Crippen LogP) is 1.86. The summed E-state index contributed by atoms with van der Waals surface area (Å²) >= 11 is 0. The molecule has 3 nitrogen and oxygen atoms in total. The lowest BCUT2D eigenvalue weighted by molar-refractivity contribution is -0.130. The highest BCUT2D eigenvalue weighted by molar-refractivity contribution is 5.80. The Bertz CT molecular complexity index is 206. The van der Waals surface area contributed by atoms with Crippen LogP contribution in [0.15, 0.2) is 0 Å². The van der Waals surface area contributed by atoms with Crippen LogP contribution in [0.25, 0.3) is 0 Å². The van der Waals surface area contributed by atoms with E-state index >= 15 is 0 Å². The molecule has 0 aromatic heterocycles. The summed E-state index contributed by atoms with van der Waals surface area (Å²) in [6, 6.07) is 0. The lowest BCUT2D eigenvalue weighted by Crippen LogP contribution is -2.35. The maximum Gasteiger partial charge on any atom is 0.249 e. The Kier molecular flexibility index (Phi) is 4.01. The van der Waals surface area contributed by atoms with Gasteiger partial charge in [-0.15, -0.1) is 0 Å². The molecule has 1 aliphatic heterocycles. The summed E-state index contributed by atoms with van der Waals surface area (Å²) in [5.74, 6) is 0.959. The first kappa shape index (κ1) is 10.9. The molecule has 2 rings (SSSR count). The van der Waals surface area contributed by atoms with Gasteiger partial charge in [-0.05, 0) is 25.2 Å². The summed E-state index contributed by atoms with van der Waals surface area (Å²) in [6.07, 6.45) is 8.39. The van der Waals surface area contributed by atoms with E-state index < -0.39 is 0 Å². The van der Waals surface area contributed by atoms with Crippen LogP contribution in [0.4, 0.5) is 0 Å². The molecule has 1 saturated heterocycles. The van der Waals surface area contributed by atoms with Crippen molar-refractivity contribution in [2.45, 2.75) is 51.0 Å². The van der Waals surface area contributed by atoms with E-state index in [4.69, 9.17) is 4.74 Å². The van der Waals surface area contributed by atoms with Crippen LogP contribution < -0.4 is 5.32 Å². The number of hydrogen-bond acceptors (Lipinski definition) is 2. The lowest BCUT2D eigenvalue weighted by atomic mass is 10.0. The monoisotopic (exact) mass is 211 g/mol. The zero-order valence-corrected chi connectivity index (χ0v) is 9.34. The van der Waals surface area contributed by atoms with E-state index in [2.05, 4.69) is 5.32 Å². The van der Waals surface area contributed by atoms with Crippen molar-refractivity contribution in [2.75, 3.05) is 13.2 Å². The van der Waals surface area contributed by atoms with Crippen LogP contribution >= 0.6 is 0 Å². The molecule has 0 spiro atoms. The van der Waals surface area contributed by atoms with Crippen LogP contribution in [0.3, 0.4) is 0 Å². The fraction of sp³-hybridized carbons (Fsp3) is 0.917. The SMILES string of the molecule is O=C(NCCC1CCCC1)C1CCCO1. The fourth-order valence-electron chi connectivity index (χ4n) is 2.60. The summed E-state index contributed by atoms with van der Waals surface area (Å²) in [5.41, 5.74) is 0. The summed E-state index contributed by atoms with van der Waals surface area (Å²) in [5, 5.41) is 2.99. The van der Waals surface area contributed by atoms with E-state index in [1.54, 1.807) is 0 Å². The van der Waals surface area contributed by atoms with E-state index in [1.807, 2.05) is 0 Å². The summed E-state index contributed by atoms with van der Waals surface area (Å²) in [6.45, 7) is 1.59. The van der Waals surface area contributed by atoms with Gasteiger partial charge in [0.2, 0.25) is 5.91 Å². The van der Waals surface area contributed by atoms with Crippen LogP contribution in [-0.4, -0.2) is 25.2 Å². The van der Waals surface area contributed by atoms with E-state index in [-0.39, 0.29) is 12.0 Å². The van der Waals surface area contributed by atoms with Crippen LogP contribution in [0, 0.1) is 5.92 Å². The van der Waals surface area contributed by atoms with Crippen LogP contribution in [0.1, 0.15) is 44.9 Å². The van der Waals surface area contributed by atoms with Gasteiger partial charge in [-0.25, -0.2) is 0 Å². The minimum absolute atomic E-state index is 0.102. The first-order valence-electron chi connectivity index (χ1n) is 6.25. The molecule has 2 fully saturated rings. The van der Waals surface area contributed by atoms with Crippen LogP contribution in [0.5, 0.6) is 0 Å². The van der Waals surface area contributed by atoms with Gasteiger partial charge in [0.25, 0.3) is 0 Å². The van der Waals surface area contributed by atoms with E-state index in [0.29, 0.717) is 0 Å².